The van der Waals surface area contributed by atoms with Crippen LogP contribution in [-0.2, 0) is 6.42 Å². The largest absolute Gasteiger partial charge is 0.350 e. The van der Waals surface area contributed by atoms with Crippen LogP contribution in [0.25, 0.3) is 16.9 Å². The monoisotopic (exact) mass is 421 g/mol. The molecule has 0 radical (unpaired) electrons. The topological polar surface area (TPSA) is 72.7 Å². The van der Waals surface area contributed by atoms with E-state index in [0.29, 0.717) is 29.2 Å². The van der Waals surface area contributed by atoms with Crippen LogP contribution in [0.15, 0.2) is 73.1 Å². The highest BCUT2D eigenvalue weighted by molar-refractivity contribution is 6.30. The van der Waals surface area contributed by atoms with Crippen molar-refractivity contribution in [3.63, 3.8) is 0 Å². The normalized spacial score (nSPS) is 10.7. The molecule has 0 aliphatic heterocycles. The Morgan fingerprint density at radius 2 is 1.87 bits per heavy atom. The minimum absolute atomic E-state index is 0.0994. The zero-order valence-electron chi connectivity index (χ0n) is 15.8. The number of rotatable bonds is 6. The van der Waals surface area contributed by atoms with Crippen LogP contribution in [-0.4, -0.2) is 32.4 Å². The van der Waals surface area contributed by atoms with Gasteiger partial charge >= 0.3 is 0 Å². The Morgan fingerprint density at radius 3 is 2.60 bits per heavy atom. The van der Waals surface area contributed by atoms with Crippen LogP contribution in [0.2, 0.25) is 5.02 Å². The molecule has 6 nitrogen and oxygen atoms in total. The summed E-state index contributed by atoms with van der Waals surface area (Å²) < 4.78 is 15.7. The van der Waals surface area contributed by atoms with Gasteiger partial charge in [0, 0.05) is 29.5 Å². The first kappa shape index (κ1) is 19.7. The summed E-state index contributed by atoms with van der Waals surface area (Å²) in [5.41, 5.74) is 2.32. The second kappa shape index (κ2) is 8.84. The van der Waals surface area contributed by atoms with Crippen LogP contribution in [0.4, 0.5) is 4.39 Å². The molecule has 8 heteroatoms. The molecule has 0 spiro atoms. The molecule has 30 heavy (non-hydrogen) atoms. The molecule has 4 rings (SSSR count). The number of benzene rings is 2. The molecule has 0 saturated heterocycles. The molecule has 150 valence electrons. The predicted molar refractivity (Wildman–Crippen MR) is 112 cm³/mol. The van der Waals surface area contributed by atoms with Crippen LogP contribution in [0.1, 0.15) is 16.1 Å². The van der Waals surface area contributed by atoms with Crippen molar-refractivity contribution in [1.82, 2.24) is 25.3 Å². The average molecular weight is 422 g/mol. The van der Waals surface area contributed by atoms with Gasteiger partial charge in [-0.25, -0.2) is 9.07 Å². The standard InChI is InChI=1S/C22H17ClFN5O/c23-17-9-7-15(8-10-17)11-13-26-22(30)20-21(16-4-3-12-25-14-16)29(28-27-20)19-6-2-1-5-18(19)24/h1-10,12,14H,11,13H2,(H,26,30). The quantitative estimate of drug-likeness (QED) is 0.509. The van der Waals surface area contributed by atoms with E-state index in [2.05, 4.69) is 20.6 Å². The Bertz CT molecular complexity index is 1160. The first-order valence-electron chi connectivity index (χ1n) is 9.27. The number of carbonyl (C=O) groups excluding carboxylic acids is 1. The van der Waals surface area contributed by atoms with Crippen molar-refractivity contribution in [3.05, 3.63) is 95.2 Å². The highest BCUT2D eigenvalue weighted by Gasteiger charge is 2.23. The summed E-state index contributed by atoms with van der Waals surface area (Å²) in [5, 5.41) is 11.6. The lowest BCUT2D eigenvalue weighted by Gasteiger charge is -2.09. The number of pyridine rings is 1. The number of nitrogens with one attached hydrogen (secondary N) is 1. The summed E-state index contributed by atoms with van der Waals surface area (Å²) in [4.78, 5) is 17.0. The van der Waals surface area contributed by atoms with Crippen molar-refractivity contribution < 1.29 is 9.18 Å². The SMILES string of the molecule is O=C(NCCc1ccc(Cl)cc1)c1nnn(-c2ccccc2F)c1-c1cccnc1. The lowest BCUT2D eigenvalue weighted by Crippen LogP contribution is -2.26. The molecule has 2 heterocycles. The molecule has 0 aliphatic rings. The molecule has 0 unspecified atom stereocenters. The molecule has 0 atom stereocenters. The van der Waals surface area contributed by atoms with E-state index in [0.717, 1.165) is 5.56 Å². The van der Waals surface area contributed by atoms with Gasteiger partial charge in [-0.1, -0.05) is 41.1 Å². The van der Waals surface area contributed by atoms with E-state index in [4.69, 9.17) is 11.6 Å². The number of carbonyl (C=O) groups is 1. The first-order chi connectivity index (χ1) is 14.6. The van der Waals surface area contributed by atoms with Gasteiger partial charge in [0.2, 0.25) is 0 Å². The second-order valence-corrected chi connectivity index (χ2v) is 6.96. The smallest absolute Gasteiger partial charge is 0.274 e. The van der Waals surface area contributed by atoms with Crippen molar-refractivity contribution in [3.8, 4) is 16.9 Å². The molecular formula is C22H17ClFN5O. The van der Waals surface area contributed by atoms with Gasteiger partial charge in [0.1, 0.15) is 17.2 Å². The first-order valence-corrected chi connectivity index (χ1v) is 9.65. The van der Waals surface area contributed by atoms with Gasteiger partial charge in [0.25, 0.3) is 5.91 Å². The van der Waals surface area contributed by atoms with Crippen molar-refractivity contribution in [1.29, 1.82) is 0 Å². The summed E-state index contributed by atoms with van der Waals surface area (Å²) in [5.74, 6) is -0.868. The minimum atomic E-state index is -0.470. The van der Waals surface area contributed by atoms with Crippen molar-refractivity contribution in [2.24, 2.45) is 0 Å². The van der Waals surface area contributed by atoms with E-state index in [1.165, 1.54) is 10.7 Å². The number of aromatic nitrogens is 4. The summed E-state index contributed by atoms with van der Waals surface area (Å²) >= 11 is 5.90. The van der Waals surface area contributed by atoms with Gasteiger partial charge in [-0.2, -0.15) is 0 Å². The summed E-state index contributed by atoms with van der Waals surface area (Å²) in [7, 11) is 0. The summed E-state index contributed by atoms with van der Waals surface area (Å²) in [6, 6.07) is 17.1. The zero-order chi connectivity index (χ0) is 20.9. The predicted octanol–water partition coefficient (Wildman–Crippen LogP) is 4.09. The summed E-state index contributed by atoms with van der Waals surface area (Å²) in [6.07, 6.45) is 3.83. The fourth-order valence-electron chi connectivity index (χ4n) is 3.04. The van der Waals surface area contributed by atoms with Crippen molar-refractivity contribution in [2.75, 3.05) is 6.54 Å². The van der Waals surface area contributed by atoms with E-state index in [9.17, 15) is 9.18 Å². The number of hydrogen-bond acceptors (Lipinski definition) is 4. The van der Waals surface area contributed by atoms with Gasteiger partial charge in [-0.3, -0.25) is 9.78 Å². The van der Waals surface area contributed by atoms with Gasteiger partial charge < -0.3 is 5.32 Å². The molecule has 2 aromatic heterocycles. The fourth-order valence-corrected chi connectivity index (χ4v) is 3.17. The lowest BCUT2D eigenvalue weighted by atomic mass is 10.1. The molecule has 2 aromatic carbocycles. The molecule has 4 aromatic rings. The number of para-hydroxylation sites is 1. The van der Waals surface area contributed by atoms with Crippen LogP contribution >= 0.6 is 11.6 Å². The third kappa shape index (κ3) is 4.21. The Labute approximate surface area is 177 Å². The Morgan fingerprint density at radius 1 is 1.07 bits per heavy atom. The van der Waals surface area contributed by atoms with E-state index in [1.54, 1.807) is 54.9 Å². The van der Waals surface area contributed by atoms with E-state index in [-0.39, 0.29) is 11.4 Å². The van der Waals surface area contributed by atoms with Gasteiger partial charge in [-0.15, -0.1) is 5.10 Å². The maximum atomic E-state index is 14.4. The number of amides is 1. The average Bonchev–Trinajstić information content (AvgIpc) is 3.21. The molecule has 0 fully saturated rings. The molecular weight excluding hydrogens is 405 g/mol. The molecule has 0 bridgehead atoms. The molecule has 1 amide bonds. The zero-order valence-corrected chi connectivity index (χ0v) is 16.6. The highest BCUT2D eigenvalue weighted by atomic mass is 35.5. The Balaban J connectivity index is 1.62. The lowest BCUT2D eigenvalue weighted by molar-refractivity contribution is 0.0949. The summed E-state index contributed by atoms with van der Waals surface area (Å²) in [6.45, 7) is 0.402. The third-order valence-corrected chi connectivity index (χ3v) is 4.77. The highest BCUT2D eigenvalue weighted by Crippen LogP contribution is 2.25. The van der Waals surface area contributed by atoms with E-state index >= 15 is 0 Å². The van der Waals surface area contributed by atoms with Crippen LogP contribution in [0.5, 0.6) is 0 Å². The van der Waals surface area contributed by atoms with Gasteiger partial charge in [-0.05, 0) is 48.4 Å². The van der Waals surface area contributed by atoms with Crippen molar-refractivity contribution >= 4 is 17.5 Å². The van der Waals surface area contributed by atoms with Crippen molar-refractivity contribution in [2.45, 2.75) is 6.42 Å². The van der Waals surface area contributed by atoms with Crippen LogP contribution in [0, 0.1) is 5.82 Å². The minimum Gasteiger partial charge on any atom is -0.350 e. The number of hydrogen-bond donors (Lipinski definition) is 1. The Kier molecular flexibility index (Phi) is 5.81. The van der Waals surface area contributed by atoms with Gasteiger partial charge in [0.05, 0.1) is 0 Å². The van der Waals surface area contributed by atoms with Crippen LogP contribution < -0.4 is 5.32 Å². The molecule has 1 N–H and O–H groups in total. The van der Waals surface area contributed by atoms with E-state index in [1.807, 2.05) is 12.1 Å². The number of nitrogens with zero attached hydrogens (tertiary/aromatic N) is 4. The molecule has 0 aliphatic carbocycles. The van der Waals surface area contributed by atoms with E-state index < -0.39 is 11.7 Å². The fraction of sp³-hybridized carbons (Fsp3) is 0.0909. The maximum Gasteiger partial charge on any atom is 0.274 e. The Hall–Kier alpha value is -3.58. The molecule has 0 saturated carbocycles. The maximum absolute atomic E-state index is 14.4. The van der Waals surface area contributed by atoms with Crippen LogP contribution in [0.3, 0.4) is 0 Å². The third-order valence-electron chi connectivity index (χ3n) is 4.51. The van der Waals surface area contributed by atoms with Gasteiger partial charge in [0.15, 0.2) is 5.69 Å². The second-order valence-electron chi connectivity index (χ2n) is 6.52. The number of halogens is 2.